The highest BCUT2D eigenvalue weighted by Crippen LogP contribution is 1.98. The van der Waals surface area contributed by atoms with Gasteiger partial charge in [0, 0.05) is 20.0 Å². The van der Waals surface area contributed by atoms with E-state index in [0.29, 0.717) is 12.2 Å². The maximum atomic E-state index is 11.3. The predicted molar refractivity (Wildman–Crippen MR) is 52.8 cm³/mol. The van der Waals surface area contributed by atoms with E-state index in [1.54, 1.807) is 7.05 Å². The molecule has 0 spiro atoms. The van der Waals surface area contributed by atoms with Gasteiger partial charge in [-0.25, -0.2) is 0 Å². The van der Waals surface area contributed by atoms with E-state index in [2.05, 4.69) is 15.5 Å². The van der Waals surface area contributed by atoms with Crippen LogP contribution in [0, 0.1) is 0 Å². The molecule has 1 aromatic rings. The zero-order valence-electron chi connectivity index (χ0n) is 8.69. The van der Waals surface area contributed by atoms with Crippen LogP contribution in [0.1, 0.15) is 6.42 Å². The number of carbonyl (C=O) groups is 1. The zero-order chi connectivity index (χ0) is 10.6. The summed E-state index contributed by atoms with van der Waals surface area (Å²) in [7, 11) is 5.56. The first kappa shape index (κ1) is 10.6. The quantitative estimate of drug-likeness (QED) is 0.720. The highest BCUT2D eigenvalue weighted by molar-refractivity contribution is 5.89. The van der Waals surface area contributed by atoms with Crippen LogP contribution in [0.15, 0.2) is 6.20 Å². The Kier molecular flexibility index (Phi) is 3.58. The summed E-state index contributed by atoms with van der Waals surface area (Å²) >= 11 is 0. The zero-order valence-corrected chi connectivity index (χ0v) is 8.69. The number of aryl methyl sites for hydroxylation is 1. The van der Waals surface area contributed by atoms with Crippen LogP contribution in [0.2, 0.25) is 0 Å². The highest BCUT2D eigenvalue weighted by Gasteiger charge is 2.04. The van der Waals surface area contributed by atoms with E-state index >= 15 is 0 Å². The van der Waals surface area contributed by atoms with Gasteiger partial charge in [0.25, 0.3) is 0 Å². The fraction of sp³-hybridized carbons (Fsp3) is 0.625. The van der Waals surface area contributed by atoms with Crippen molar-refractivity contribution in [1.29, 1.82) is 0 Å². The maximum Gasteiger partial charge on any atom is 0.226 e. The predicted octanol–water partition coefficient (Wildman–Crippen LogP) is -0.295. The molecule has 0 saturated carbocycles. The van der Waals surface area contributed by atoms with E-state index in [0.717, 1.165) is 6.54 Å². The second-order valence-corrected chi connectivity index (χ2v) is 3.32. The van der Waals surface area contributed by atoms with Gasteiger partial charge in [-0.1, -0.05) is 0 Å². The van der Waals surface area contributed by atoms with Gasteiger partial charge in [0.05, 0.1) is 6.20 Å². The van der Waals surface area contributed by atoms with E-state index < -0.39 is 0 Å². The van der Waals surface area contributed by atoms with Gasteiger partial charge in [-0.2, -0.15) is 9.90 Å². The lowest BCUT2D eigenvalue weighted by molar-refractivity contribution is -0.116. The standard InChI is InChI=1S/C8H15N5O/c1-12(2)5-4-8(14)10-7-6-9-13(3)11-7/h6H,4-5H2,1-3H3,(H,10,11,14). The molecule has 0 atom stereocenters. The molecule has 14 heavy (non-hydrogen) atoms. The summed E-state index contributed by atoms with van der Waals surface area (Å²) in [6.07, 6.45) is 1.98. The van der Waals surface area contributed by atoms with E-state index in [-0.39, 0.29) is 5.91 Å². The van der Waals surface area contributed by atoms with Gasteiger partial charge in [-0.3, -0.25) is 4.79 Å². The first-order valence-electron chi connectivity index (χ1n) is 4.39. The summed E-state index contributed by atoms with van der Waals surface area (Å²) in [6.45, 7) is 0.728. The Morgan fingerprint density at radius 1 is 1.64 bits per heavy atom. The van der Waals surface area contributed by atoms with Crippen molar-refractivity contribution in [2.75, 3.05) is 26.0 Å². The molecule has 1 heterocycles. The van der Waals surface area contributed by atoms with Crippen LogP contribution in [0.5, 0.6) is 0 Å². The van der Waals surface area contributed by atoms with Crippen molar-refractivity contribution in [2.45, 2.75) is 6.42 Å². The minimum Gasteiger partial charge on any atom is -0.309 e. The largest absolute Gasteiger partial charge is 0.309 e. The summed E-state index contributed by atoms with van der Waals surface area (Å²) in [4.78, 5) is 14.7. The summed E-state index contributed by atoms with van der Waals surface area (Å²) in [5.41, 5.74) is 0. The maximum absolute atomic E-state index is 11.3. The smallest absolute Gasteiger partial charge is 0.226 e. The van der Waals surface area contributed by atoms with E-state index in [1.807, 2.05) is 19.0 Å². The van der Waals surface area contributed by atoms with Crippen LogP contribution in [0.25, 0.3) is 0 Å². The van der Waals surface area contributed by atoms with Gasteiger partial charge in [-0.05, 0) is 14.1 Å². The number of amides is 1. The van der Waals surface area contributed by atoms with Gasteiger partial charge >= 0.3 is 0 Å². The molecule has 0 bridgehead atoms. The summed E-state index contributed by atoms with van der Waals surface area (Å²) in [5, 5.41) is 10.4. The molecule has 0 aliphatic rings. The number of rotatable bonds is 4. The summed E-state index contributed by atoms with van der Waals surface area (Å²) < 4.78 is 0. The lowest BCUT2D eigenvalue weighted by Gasteiger charge is -2.07. The number of nitrogens with one attached hydrogen (secondary N) is 1. The first-order valence-corrected chi connectivity index (χ1v) is 4.39. The molecule has 0 aliphatic carbocycles. The Bertz CT molecular complexity index is 306. The molecule has 0 saturated heterocycles. The molecule has 6 nitrogen and oxygen atoms in total. The monoisotopic (exact) mass is 197 g/mol. The number of carbonyl (C=O) groups excluding carboxylic acids is 1. The molecule has 1 rings (SSSR count). The van der Waals surface area contributed by atoms with Gasteiger partial charge in [0.15, 0.2) is 5.82 Å². The van der Waals surface area contributed by atoms with Crippen LogP contribution in [-0.4, -0.2) is 46.4 Å². The van der Waals surface area contributed by atoms with Crippen LogP contribution in [-0.2, 0) is 11.8 Å². The summed E-state index contributed by atoms with van der Waals surface area (Å²) in [6, 6.07) is 0. The third-order valence-electron chi connectivity index (χ3n) is 1.65. The topological polar surface area (TPSA) is 63.1 Å². The minimum absolute atomic E-state index is 0.0424. The molecular weight excluding hydrogens is 182 g/mol. The van der Waals surface area contributed by atoms with Crippen molar-refractivity contribution in [3.05, 3.63) is 6.20 Å². The fourth-order valence-electron chi connectivity index (χ4n) is 0.934. The molecule has 1 N–H and O–H groups in total. The lowest BCUT2D eigenvalue weighted by atomic mass is 10.4. The number of nitrogens with zero attached hydrogens (tertiary/aromatic N) is 4. The Hall–Kier alpha value is -1.43. The van der Waals surface area contributed by atoms with Crippen LogP contribution in [0.4, 0.5) is 5.82 Å². The van der Waals surface area contributed by atoms with Crippen LogP contribution in [0.3, 0.4) is 0 Å². The van der Waals surface area contributed by atoms with Crippen molar-refractivity contribution in [2.24, 2.45) is 7.05 Å². The first-order chi connectivity index (χ1) is 6.58. The number of hydrogen-bond acceptors (Lipinski definition) is 4. The Balaban J connectivity index is 2.34. The Morgan fingerprint density at radius 2 is 2.36 bits per heavy atom. The third-order valence-corrected chi connectivity index (χ3v) is 1.65. The lowest BCUT2D eigenvalue weighted by Crippen LogP contribution is -2.21. The van der Waals surface area contributed by atoms with Gasteiger partial charge in [0.1, 0.15) is 0 Å². The van der Waals surface area contributed by atoms with Crippen molar-refractivity contribution in [3.63, 3.8) is 0 Å². The van der Waals surface area contributed by atoms with Crippen molar-refractivity contribution in [1.82, 2.24) is 19.9 Å². The molecule has 0 radical (unpaired) electrons. The second kappa shape index (κ2) is 4.71. The van der Waals surface area contributed by atoms with E-state index in [4.69, 9.17) is 0 Å². The van der Waals surface area contributed by atoms with Gasteiger partial charge in [0.2, 0.25) is 5.91 Å². The molecule has 0 aliphatic heterocycles. The van der Waals surface area contributed by atoms with Gasteiger partial charge < -0.3 is 10.2 Å². The van der Waals surface area contributed by atoms with E-state index in [1.165, 1.54) is 11.0 Å². The Labute approximate surface area is 82.9 Å². The number of anilines is 1. The number of hydrogen-bond donors (Lipinski definition) is 1. The molecular formula is C8H15N5O. The third kappa shape index (κ3) is 3.53. The Morgan fingerprint density at radius 3 is 2.86 bits per heavy atom. The molecule has 0 unspecified atom stereocenters. The van der Waals surface area contributed by atoms with Crippen LogP contribution < -0.4 is 5.32 Å². The molecule has 0 aromatic carbocycles. The van der Waals surface area contributed by atoms with Crippen LogP contribution >= 0.6 is 0 Å². The SMILES string of the molecule is CN(C)CCC(=O)Nc1cnn(C)n1. The van der Waals surface area contributed by atoms with Crippen molar-refractivity contribution >= 4 is 11.7 Å². The van der Waals surface area contributed by atoms with Crippen molar-refractivity contribution in [3.8, 4) is 0 Å². The molecule has 0 fully saturated rings. The van der Waals surface area contributed by atoms with E-state index in [9.17, 15) is 4.79 Å². The summed E-state index contributed by atoms with van der Waals surface area (Å²) in [5.74, 6) is 0.454. The average molecular weight is 197 g/mol. The second-order valence-electron chi connectivity index (χ2n) is 3.32. The van der Waals surface area contributed by atoms with Gasteiger partial charge in [-0.15, -0.1) is 5.10 Å². The normalized spacial score (nSPS) is 10.6. The molecule has 78 valence electrons. The highest BCUT2D eigenvalue weighted by atomic mass is 16.1. The molecule has 1 aromatic heterocycles. The van der Waals surface area contributed by atoms with Crippen molar-refractivity contribution < 1.29 is 4.79 Å². The molecule has 1 amide bonds. The molecule has 6 heteroatoms. The average Bonchev–Trinajstić information content (AvgIpc) is 2.48. The number of aromatic nitrogens is 3. The fourth-order valence-corrected chi connectivity index (χ4v) is 0.934. The minimum atomic E-state index is -0.0424.